The zero-order valence-corrected chi connectivity index (χ0v) is 46.3. The molecule has 4 atom stereocenters. The summed E-state index contributed by atoms with van der Waals surface area (Å²) in [5.41, 5.74) is 7.87. The van der Waals surface area contributed by atoms with Crippen LogP contribution in [0.15, 0.2) is 84.9 Å². The predicted molar refractivity (Wildman–Crippen MR) is 285 cm³/mol. The van der Waals surface area contributed by atoms with E-state index < -0.39 is 103 Å². The molecular formula is C50H56Cl2F2N14O15. The van der Waals surface area contributed by atoms with Crippen molar-refractivity contribution in [2.24, 2.45) is 11.8 Å². The number of ether oxygens (including phenoxy) is 3. The number of carboxylic acids is 3. The smallest absolute Gasteiger partial charge is 0.407 e. The van der Waals surface area contributed by atoms with Crippen LogP contribution in [0.5, 0.6) is 0 Å². The Balaban J connectivity index is 0.000000307. The van der Waals surface area contributed by atoms with Gasteiger partial charge in [0.15, 0.2) is 6.10 Å². The number of rotatable bonds is 23. The number of hydrogen-bond donors (Lipinski definition) is 10. The summed E-state index contributed by atoms with van der Waals surface area (Å²) in [7, 11) is 2.30. The maximum Gasteiger partial charge on any atom is 0.407 e. The van der Waals surface area contributed by atoms with E-state index in [0.717, 1.165) is 7.11 Å². The molecule has 0 spiro atoms. The van der Waals surface area contributed by atoms with Crippen LogP contribution in [-0.4, -0.2) is 171 Å². The number of carbonyl (C=O) groups excluding carboxylic acids is 5. The summed E-state index contributed by atoms with van der Waals surface area (Å²) in [6, 6.07) is 19.5. The number of halogens is 4. The fourth-order valence-corrected chi connectivity index (χ4v) is 7.25. The van der Waals surface area contributed by atoms with Crippen molar-refractivity contribution in [3.63, 3.8) is 0 Å². The second-order valence-corrected chi connectivity index (χ2v) is 18.8. The Morgan fingerprint density at radius 1 is 0.590 bits per heavy atom. The molecule has 0 unspecified atom stereocenters. The molecule has 2 heterocycles. The number of alkyl carbamates (subject to hydrolysis) is 2. The summed E-state index contributed by atoms with van der Waals surface area (Å²) in [6.07, 6.45) is -5.14. The van der Waals surface area contributed by atoms with E-state index in [4.69, 9.17) is 38.2 Å². The van der Waals surface area contributed by atoms with Crippen LogP contribution < -0.4 is 21.5 Å². The molecule has 0 aliphatic carbocycles. The molecule has 0 saturated carbocycles. The molecule has 10 N–H and O–H groups in total. The number of methoxy groups -OCH3 is 2. The molecule has 83 heavy (non-hydrogen) atoms. The second kappa shape index (κ2) is 32.2. The molecule has 444 valence electrons. The van der Waals surface area contributed by atoms with Gasteiger partial charge in [0.05, 0.1) is 27.3 Å². The maximum absolute atomic E-state index is 14.3. The number of nitrogens with one attached hydrogen (secondary N) is 6. The summed E-state index contributed by atoms with van der Waals surface area (Å²) in [5, 5.41) is 69.8. The van der Waals surface area contributed by atoms with Gasteiger partial charge in [-0.05, 0) is 80.9 Å². The first-order valence-corrected chi connectivity index (χ1v) is 25.0. The van der Waals surface area contributed by atoms with Crippen molar-refractivity contribution in [3.8, 4) is 22.3 Å². The van der Waals surface area contributed by atoms with Gasteiger partial charge in [-0.15, -0.1) is 20.4 Å². The molecule has 6 rings (SSSR count). The normalized spacial score (nSPS) is 12.3. The average molecular weight is 1200 g/mol. The quantitative estimate of drug-likeness (QED) is 0.0247. The van der Waals surface area contributed by atoms with Crippen molar-refractivity contribution >= 4 is 71.1 Å². The Bertz CT molecular complexity index is 3150. The highest BCUT2D eigenvalue weighted by Gasteiger charge is 2.33. The largest absolute Gasteiger partial charge is 0.480 e. The third-order valence-corrected chi connectivity index (χ3v) is 11.6. The minimum absolute atomic E-state index is 0.0479. The van der Waals surface area contributed by atoms with Crippen molar-refractivity contribution in [2.45, 2.75) is 65.1 Å². The lowest BCUT2D eigenvalue weighted by molar-refractivity contribution is -0.167. The van der Waals surface area contributed by atoms with Gasteiger partial charge in [0, 0.05) is 34.3 Å². The summed E-state index contributed by atoms with van der Waals surface area (Å²) in [6.45, 7) is 5.71. The first kappa shape index (κ1) is 66.2. The fourth-order valence-electron chi connectivity index (χ4n) is 6.91. The maximum atomic E-state index is 14.3. The second-order valence-electron chi connectivity index (χ2n) is 17.9. The molecule has 0 fully saturated rings. The lowest BCUT2D eigenvalue weighted by Crippen LogP contribution is -2.51. The lowest BCUT2D eigenvalue weighted by atomic mass is 10.0. The number of aliphatic hydroxyl groups excluding tert-OH is 1. The van der Waals surface area contributed by atoms with E-state index in [9.17, 15) is 57.4 Å². The van der Waals surface area contributed by atoms with Crippen molar-refractivity contribution in [1.29, 1.82) is 0 Å². The molecule has 0 aliphatic heterocycles. The SMILES string of the molecule is COC(=O)N[C@H](C(=O)O)C(C)C.COC(=O)N[C@H](C(=O)O[C@H](CN(Cc1ccc(-c2cc(Cl)ccc2F)cc1)NC(=O)c1nn[nH]n1)C(=O)O)C(C)C.O=C(NN(Cc1ccc(-c2cc(Cl)ccc2F)cc1)C[C@@H](O)C(=O)O)c1nn[nH]n1. The molecule has 4 aromatic carbocycles. The van der Waals surface area contributed by atoms with Gasteiger partial charge in [-0.3, -0.25) is 20.4 Å². The molecule has 0 aliphatic rings. The summed E-state index contributed by atoms with van der Waals surface area (Å²) in [5.74, 6) is -8.69. The Labute approximate surface area is 479 Å². The molecule has 4 amide bonds. The van der Waals surface area contributed by atoms with E-state index in [1.54, 1.807) is 76.2 Å². The van der Waals surface area contributed by atoms with Gasteiger partial charge < -0.3 is 45.3 Å². The lowest BCUT2D eigenvalue weighted by Gasteiger charge is -2.27. The average Bonchev–Trinajstić information content (AvgIpc) is 4.25. The van der Waals surface area contributed by atoms with Crippen molar-refractivity contribution < 1.29 is 81.8 Å². The molecule has 0 radical (unpaired) electrons. The number of H-pyrrole nitrogens is 2. The minimum atomic E-state index is -1.77. The standard InChI is InChI=1S/C25H27ClFN7O7.C18H16ClFN6O4.C7H13NO4/c1-13(2)20(28-25(39)40-3)24(38)41-19(23(36)37)12-34(31-22(35)21-29-32-33-30-21)11-14-4-6-15(7-5-14)17-10-16(26)8-9-18(17)27;19-12-5-6-14(20)13(7-12)11-3-1-10(2-4-11)8-26(9-15(27)18(29)30)23-17(28)16-21-24-25-22-16;1-4(2)5(6(9)10)8-7(11)12-3/h4-10,13,19-20H,11-12H2,1-3H3,(H,28,39)(H,31,35)(H,36,37)(H,29,30,32,33);1-7,15,27H,8-9H2,(H,23,28)(H,29,30)(H,21,22,24,25);4-5H,1-3H3,(H,8,11)(H,9,10)/t19-,20+;15-;5-/m110/s1. The van der Waals surface area contributed by atoms with Crippen LogP contribution >= 0.6 is 23.2 Å². The van der Waals surface area contributed by atoms with Gasteiger partial charge in [-0.2, -0.15) is 10.4 Å². The molecule has 0 saturated heterocycles. The molecule has 6 aromatic rings. The van der Waals surface area contributed by atoms with Crippen LogP contribution in [0.4, 0.5) is 18.4 Å². The number of carboxylic acid groups (broad SMARTS) is 3. The molecule has 33 heteroatoms. The van der Waals surface area contributed by atoms with E-state index in [1.165, 1.54) is 53.5 Å². The number of hydrogen-bond acceptors (Lipinski definition) is 20. The first-order chi connectivity index (χ1) is 39.3. The number of nitrogens with zero attached hydrogens (tertiary/aromatic N) is 8. The Morgan fingerprint density at radius 3 is 1.35 bits per heavy atom. The highest BCUT2D eigenvalue weighted by Crippen LogP contribution is 2.28. The predicted octanol–water partition coefficient (Wildman–Crippen LogP) is 3.89. The number of tetrazole rings is 2. The summed E-state index contributed by atoms with van der Waals surface area (Å²) >= 11 is 11.9. The Kier molecular flexibility index (Phi) is 25.7. The number of hydrazine groups is 2. The van der Waals surface area contributed by atoms with E-state index in [1.807, 2.05) is 0 Å². The van der Waals surface area contributed by atoms with E-state index in [2.05, 4.69) is 72.2 Å². The minimum Gasteiger partial charge on any atom is -0.480 e. The van der Waals surface area contributed by atoms with Crippen molar-refractivity contribution in [1.82, 2.24) is 72.8 Å². The first-order valence-electron chi connectivity index (χ1n) is 24.2. The van der Waals surface area contributed by atoms with Crippen LogP contribution in [0, 0.1) is 23.5 Å². The van der Waals surface area contributed by atoms with Gasteiger partial charge in [-0.25, -0.2) is 47.6 Å². The zero-order valence-electron chi connectivity index (χ0n) is 44.7. The van der Waals surface area contributed by atoms with Crippen LogP contribution in [0.2, 0.25) is 10.0 Å². The molecule has 0 bridgehead atoms. The van der Waals surface area contributed by atoms with Crippen LogP contribution in [0.3, 0.4) is 0 Å². The van der Waals surface area contributed by atoms with Crippen molar-refractivity contribution in [3.05, 3.63) is 129 Å². The third kappa shape index (κ3) is 21.3. The number of esters is 1. The fraction of sp³-hybridized carbons (Fsp3) is 0.320. The highest BCUT2D eigenvalue weighted by molar-refractivity contribution is 6.31. The number of aliphatic carboxylic acids is 3. The van der Waals surface area contributed by atoms with Crippen LogP contribution in [0.1, 0.15) is 60.1 Å². The number of benzene rings is 4. The van der Waals surface area contributed by atoms with Crippen LogP contribution in [0.25, 0.3) is 22.3 Å². The number of aliphatic hydroxyl groups is 1. The summed E-state index contributed by atoms with van der Waals surface area (Å²) < 4.78 is 42.3. The van der Waals surface area contributed by atoms with Gasteiger partial charge in [0.25, 0.3) is 11.6 Å². The van der Waals surface area contributed by atoms with Crippen molar-refractivity contribution in [2.75, 3.05) is 27.3 Å². The number of aromatic nitrogens is 8. The third-order valence-electron chi connectivity index (χ3n) is 11.1. The number of aromatic amines is 2. The number of carbonyl (C=O) groups is 8. The van der Waals surface area contributed by atoms with Crippen LogP contribution in [-0.2, 0) is 46.5 Å². The molecule has 2 aromatic heterocycles. The Morgan fingerprint density at radius 2 is 1.00 bits per heavy atom. The van der Waals surface area contributed by atoms with E-state index in [-0.39, 0.29) is 36.2 Å². The van der Waals surface area contributed by atoms with E-state index in [0.29, 0.717) is 37.9 Å². The highest BCUT2D eigenvalue weighted by atomic mass is 35.5. The summed E-state index contributed by atoms with van der Waals surface area (Å²) in [4.78, 5) is 93.4. The van der Waals surface area contributed by atoms with Gasteiger partial charge >= 0.3 is 47.9 Å². The topological polar surface area (TPSA) is 409 Å². The van der Waals surface area contributed by atoms with Gasteiger partial charge in [-0.1, -0.05) is 99.4 Å². The Hall–Kier alpha value is -9.30. The van der Waals surface area contributed by atoms with Gasteiger partial charge in [0.1, 0.15) is 23.7 Å². The number of amides is 4. The van der Waals surface area contributed by atoms with Gasteiger partial charge in [0.2, 0.25) is 6.10 Å². The monoisotopic (exact) mass is 1200 g/mol. The van der Waals surface area contributed by atoms with E-state index >= 15 is 0 Å². The molecule has 29 nitrogen and oxygen atoms in total. The zero-order chi connectivity index (χ0) is 61.5. The molecular weight excluding hydrogens is 1150 g/mol.